The highest BCUT2D eigenvalue weighted by molar-refractivity contribution is 9.10. The first-order valence-electron chi connectivity index (χ1n) is 5.56. The third kappa shape index (κ3) is 2.80. The van der Waals surface area contributed by atoms with Crippen LogP contribution in [-0.2, 0) is 6.42 Å². The molecular formula is C12H10BrN5O. The van der Waals surface area contributed by atoms with Gasteiger partial charge in [0.1, 0.15) is 11.8 Å². The molecule has 1 amide bonds. The van der Waals surface area contributed by atoms with Gasteiger partial charge in [-0.15, -0.1) is 0 Å². The van der Waals surface area contributed by atoms with Crippen molar-refractivity contribution in [2.75, 3.05) is 5.32 Å². The van der Waals surface area contributed by atoms with Crippen LogP contribution in [0.3, 0.4) is 0 Å². The highest BCUT2D eigenvalue weighted by Gasteiger charge is 2.14. The number of nitriles is 1. The number of aromatic nitrogens is 3. The number of nitrogens with zero attached hydrogens (tertiary/aromatic N) is 3. The van der Waals surface area contributed by atoms with E-state index in [4.69, 9.17) is 5.26 Å². The lowest BCUT2D eigenvalue weighted by Gasteiger charge is -2.02. The Balaban J connectivity index is 2.16. The van der Waals surface area contributed by atoms with Crippen molar-refractivity contribution in [3.63, 3.8) is 0 Å². The molecule has 2 N–H and O–H groups in total. The first kappa shape index (κ1) is 13.2. The number of carbonyl (C=O) groups is 1. The molecule has 2 aromatic rings. The normalized spacial score (nSPS) is 9.95. The van der Waals surface area contributed by atoms with Gasteiger partial charge in [-0.3, -0.25) is 9.89 Å². The standard InChI is InChI=1S/C12H10BrN5O/c1-2-8-10(13)11(18-17-8)16-12(19)9-4-3-7(5-14)6-15-9/h3-4,6H,2H2,1H3,(H2,16,17,18,19). The van der Waals surface area contributed by atoms with E-state index in [1.54, 1.807) is 6.07 Å². The van der Waals surface area contributed by atoms with Gasteiger partial charge in [-0.2, -0.15) is 10.4 Å². The van der Waals surface area contributed by atoms with Gasteiger partial charge in [-0.1, -0.05) is 6.92 Å². The smallest absolute Gasteiger partial charge is 0.275 e. The molecule has 0 radical (unpaired) electrons. The summed E-state index contributed by atoms with van der Waals surface area (Å²) in [4.78, 5) is 15.8. The highest BCUT2D eigenvalue weighted by atomic mass is 79.9. The number of aromatic amines is 1. The number of nitrogens with one attached hydrogen (secondary N) is 2. The lowest BCUT2D eigenvalue weighted by atomic mass is 10.2. The monoisotopic (exact) mass is 319 g/mol. The summed E-state index contributed by atoms with van der Waals surface area (Å²) in [7, 11) is 0. The van der Waals surface area contributed by atoms with Crippen LogP contribution in [0.5, 0.6) is 0 Å². The molecule has 7 heteroatoms. The highest BCUT2D eigenvalue weighted by Crippen LogP contribution is 2.24. The number of hydrogen-bond acceptors (Lipinski definition) is 4. The maximum Gasteiger partial charge on any atom is 0.275 e. The van der Waals surface area contributed by atoms with Crippen molar-refractivity contribution in [2.45, 2.75) is 13.3 Å². The van der Waals surface area contributed by atoms with Gasteiger partial charge in [0.2, 0.25) is 0 Å². The van der Waals surface area contributed by atoms with Gasteiger partial charge in [0.15, 0.2) is 5.82 Å². The molecule has 0 aliphatic rings. The largest absolute Gasteiger partial charge is 0.303 e. The maximum absolute atomic E-state index is 11.9. The fourth-order valence-corrected chi connectivity index (χ4v) is 2.00. The molecule has 0 aliphatic heterocycles. The number of anilines is 1. The van der Waals surface area contributed by atoms with Crippen LogP contribution in [0, 0.1) is 11.3 Å². The molecule has 0 atom stereocenters. The quantitative estimate of drug-likeness (QED) is 0.907. The van der Waals surface area contributed by atoms with Gasteiger partial charge < -0.3 is 5.32 Å². The average molecular weight is 320 g/mol. The fraction of sp³-hybridized carbons (Fsp3) is 0.167. The van der Waals surface area contributed by atoms with E-state index in [0.717, 1.165) is 16.6 Å². The molecule has 2 heterocycles. The Morgan fingerprint density at radius 2 is 2.37 bits per heavy atom. The summed E-state index contributed by atoms with van der Waals surface area (Å²) in [5.74, 6) is 0.0485. The zero-order valence-corrected chi connectivity index (χ0v) is 11.7. The zero-order valence-electron chi connectivity index (χ0n) is 10.1. The third-order valence-corrected chi connectivity index (χ3v) is 3.34. The second kappa shape index (κ2) is 5.63. The summed E-state index contributed by atoms with van der Waals surface area (Å²) >= 11 is 3.36. The Hall–Kier alpha value is -2.20. The second-order valence-corrected chi connectivity index (χ2v) is 4.51. The summed E-state index contributed by atoms with van der Waals surface area (Å²) < 4.78 is 0.733. The van der Waals surface area contributed by atoms with Crippen LogP contribution in [0.1, 0.15) is 28.7 Å². The van der Waals surface area contributed by atoms with Crippen LogP contribution in [0.4, 0.5) is 5.82 Å². The van der Waals surface area contributed by atoms with E-state index in [1.165, 1.54) is 12.3 Å². The predicted molar refractivity (Wildman–Crippen MR) is 72.6 cm³/mol. The SMILES string of the molecule is CCc1[nH]nc(NC(=O)c2ccc(C#N)cn2)c1Br. The van der Waals surface area contributed by atoms with E-state index in [1.807, 2.05) is 13.0 Å². The number of rotatable bonds is 3. The minimum Gasteiger partial charge on any atom is -0.303 e. The minimum absolute atomic E-state index is 0.229. The van der Waals surface area contributed by atoms with Crippen LogP contribution in [-0.4, -0.2) is 21.1 Å². The molecule has 0 unspecified atom stereocenters. The molecule has 0 spiro atoms. The Morgan fingerprint density at radius 3 is 2.89 bits per heavy atom. The average Bonchev–Trinajstić information content (AvgIpc) is 2.79. The maximum atomic E-state index is 11.9. The van der Waals surface area contributed by atoms with Crippen molar-refractivity contribution in [3.8, 4) is 6.07 Å². The number of carbonyl (C=O) groups excluding carboxylic acids is 1. The van der Waals surface area contributed by atoms with Crippen molar-refractivity contribution < 1.29 is 4.79 Å². The molecule has 0 saturated heterocycles. The van der Waals surface area contributed by atoms with Crippen molar-refractivity contribution in [3.05, 3.63) is 39.8 Å². The Labute approximate surface area is 118 Å². The number of H-pyrrole nitrogens is 1. The molecule has 19 heavy (non-hydrogen) atoms. The van der Waals surface area contributed by atoms with Gasteiger partial charge >= 0.3 is 0 Å². The molecule has 96 valence electrons. The third-order valence-electron chi connectivity index (χ3n) is 2.49. The lowest BCUT2D eigenvalue weighted by Crippen LogP contribution is -2.14. The van der Waals surface area contributed by atoms with E-state index in [9.17, 15) is 4.79 Å². The molecule has 0 bridgehead atoms. The Morgan fingerprint density at radius 1 is 1.58 bits per heavy atom. The van der Waals surface area contributed by atoms with Crippen LogP contribution >= 0.6 is 15.9 Å². The van der Waals surface area contributed by atoms with Gasteiger partial charge in [-0.25, -0.2) is 4.98 Å². The summed E-state index contributed by atoms with van der Waals surface area (Å²) in [6.45, 7) is 1.98. The first-order valence-corrected chi connectivity index (χ1v) is 6.35. The van der Waals surface area contributed by atoms with E-state index in [2.05, 4.69) is 36.4 Å². The summed E-state index contributed by atoms with van der Waals surface area (Å²) in [5, 5.41) is 18.1. The number of pyridine rings is 1. The van der Waals surface area contributed by atoms with Gasteiger partial charge in [0.05, 0.1) is 15.7 Å². The summed E-state index contributed by atoms with van der Waals surface area (Å²) in [5.41, 5.74) is 1.54. The van der Waals surface area contributed by atoms with Crippen LogP contribution in [0.15, 0.2) is 22.8 Å². The first-order chi connectivity index (χ1) is 9.15. The topological polar surface area (TPSA) is 94.5 Å². The number of hydrogen-bond donors (Lipinski definition) is 2. The summed E-state index contributed by atoms with van der Waals surface area (Å²) in [6, 6.07) is 4.98. The van der Waals surface area contributed by atoms with Gasteiger partial charge in [0, 0.05) is 6.20 Å². The number of aryl methyl sites for hydroxylation is 1. The van der Waals surface area contributed by atoms with E-state index < -0.39 is 0 Å². The van der Waals surface area contributed by atoms with Crippen LogP contribution in [0.2, 0.25) is 0 Å². The molecule has 0 fully saturated rings. The number of amides is 1. The lowest BCUT2D eigenvalue weighted by molar-refractivity contribution is 0.102. The molecule has 0 aliphatic carbocycles. The van der Waals surface area contributed by atoms with Crippen molar-refractivity contribution in [2.24, 2.45) is 0 Å². The molecule has 6 nitrogen and oxygen atoms in total. The van der Waals surface area contributed by atoms with E-state index >= 15 is 0 Å². The van der Waals surface area contributed by atoms with Crippen molar-refractivity contribution in [1.29, 1.82) is 5.26 Å². The van der Waals surface area contributed by atoms with Gasteiger partial charge in [0.25, 0.3) is 5.91 Å². The molecule has 2 aromatic heterocycles. The zero-order chi connectivity index (χ0) is 13.8. The van der Waals surface area contributed by atoms with Crippen molar-refractivity contribution in [1.82, 2.24) is 15.2 Å². The van der Waals surface area contributed by atoms with E-state index in [0.29, 0.717) is 11.4 Å². The Bertz CT molecular complexity index is 641. The minimum atomic E-state index is -0.376. The molecular weight excluding hydrogens is 310 g/mol. The van der Waals surface area contributed by atoms with Crippen LogP contribution < -0.4 is 5.32 Å². The predicted octanol–water partition coefficient (Wildman–Crippen LogP) is 2.25. The Kier molecular flexibility index (Phi) is 3.92. The summed E-state index contributed by atoms with van der Waals surface area (Å²) in [6.07, 6.45) is 2.13. The fourth-order valence-electron chi connectivity index (χ4n) is 1.45. The van der Waals surface area contributed by atoms with Crippen LogP contribution in [0.25, 0.3) is 0 Å². The second-order valence-electron chi connectivity index (χ2n) is 3.72. The van der Waals surface area contributed by atoms with E-state index in [-0.39, 0.29) is 11.6 Å². The van der Waals surface area contributed by atoms with Crippen molar-refractivity contribution >= 4 is 27.7 Å². The molecule has 0 aromatic carbocycles. The van der Waals surface area contributed by atoms with Gasteiger partial charge in [-0.05, 0) is 34.5 Å². The number of halogens is 1. The molecule has 0 saturated carbocycles. The molecule has 2 rings (SSSR count).